The Morgan fingerprint density at radius 2 is 1.83 bits per heavy atom. The standard InChI is InChI=1S/C16H27N3O3S/c1-11(2)13(4)18-16(20)10-17-15-9-14(8-7-12(15)3)23(21,22)19(5)6/h7-9,11,13,17H,10H2,1-6H3,(H,18,20). The summed E-state index contributed by atoms with van der Waals surface area (Å²) in [7, 11) is -0.514. The van der Waals surface area contributed by atoms with Gasteiger partial charge in [0, 0.05) is 25.8 Å². The Bertz CT molecular complexity index is 655. The molecule has 2 N–H and O–H groups in total. The van der Waals surface area contributed by atoms with E-state index in [1.165, 1.54) is 18.4 Å². The monoisotopic (exact) mass is 341 g/mol. The van der Waals surface area contributed by atoms with Crippen molar-refractivity contribution < 1.29 is 13.2 Å². The normalized spacial score (nSPS) is 13.2. The number of hydrogen-bond donors (Lipinski definition) is 2. The Morgan fingerprint density at radius 1 is 1.22 bits per heavy atom. The predicted octanol–water partition coefficient (Wildman–Crippen LogP) is 1.82. The van der Waals surface area contributed by atoms with Crippen molar-refractivity contribution in [3.05, 3.63) is 23.8 Å². The van der Waals surface area contributed by atoms with Crippen molar-refractivity contribution in [2.75, 3.05) is 26.0 Å². The average molecular weight is 341 g/mol. The number of anilines is 1. The van der Waals surface area contributed by atoms with Gasteiger partial charge in [-0.05, 0) is 37.5 Å². The molecule has 7 heteroatoms. The number of amides is 1. The first-order chi connectivity index (χ1) is 10.6. The number of nitrogens with zero attached hydrogens (tertiary/aromatic N) is 1. The van der Waals surface area contributed by atoms with E-state index < -0.39 is 10.0 Å². The highest BCUT2D eigenvalue weighted by Gasteiger charge is 2.18. The second-order valence-electron chi connectivity index (χ2n) is 6.22. The van der Waals surface area contributed by atoms with Crippen LogP contribution in [0.25, 0.3) is 0 Å². The zero-order valence-electron chi connectivity index (χ0n) is 14.7. The van der Waals surface area contributed by atoms with Gasteiger partial charge in [-0.2, -0.15) is 0 Å². The molecule has 23 heavy (non-hydrogen) atoms. The molecule has 1 unspecified atom stereocenters. The summed E-state index contributed by atoms with van der Waals surface area (Å²) in [4.78, 5) is 12.1. The third kappa shape index (κ3) is 5.21. The van der Waals surface area contributed by atoms with Gasteiger partial charge in [0.25, 0.3) is 0 Å². The maximum Gasteiger partial charge on any atom is 0.242 e. The van der Waals surface area contributed by atoms with Crippen LogP contribution in [0.4, 0.5) is 5.69 Å². The van der Waals surface area contributed by atoms with Gasteiger partial charge < -0.3 is 10.6 Å². The molecule has 1 rings (SSSR count). The van der Waals surface area contributed by atoms with Gasteiger partial charge in [-0.15, -0.1) is 0 Å². The molecule has 0 aromatic heterocycles. The van der Waals surface area contributed by atoms with Crippen LogP contribution in [0.3, 0.4) is 0 Å². The summed E-state index contributed by atoms with van der Waals surface area (Å²) in [5.41, 5.74) is 1.52. The maximum atomic E-state index is 12.2. The molecule has 1 aromatic carbocycles. The van der Waals surface area contributed by atoms with Gasteiger partial charge in [0.1, 0.15) is 0 Å². The van der Waals surface area contributed by atoms with Crippen LogP contribution in [0.15, 0.2) is 23.1 Å². The molecule has 0 heterocycles. The van der Waals surface area contributed by atoms with Crippen LogP contribution in [0.2, 0.25) is 0 Å². The number of hydrogen-bond acceptors (Lipinski definition) is 4. The number of rotatable bonds is 7. The van der Waals surface area contributed by atoms with Crippen LogP contribution in [0, 0.1) is 12.8 Å². The highest BCUT2D eigenvalue weighted by Crippen LogP contribution is 2.21. The summed E-state index contributed by atoms with van der Waals surface area (Å²) in [6, 6.07) is 4.94. The minimum atomic E-state index is -3.49. The third-order valence-electron chi connectivity index (χ3n) is 3.82. The number of carbonyl (C=O) groups excluding carboxylic acids is 1. The van der Waals surface area contributed by atoms with Crippen molar-refractivity contribution in [2.45, 2.75) is 38.6 Å². The summed E-state index contributed by atoms with van der Waals surface area (Å²) in [6.45, 7) is 8.00. The maximum absolute atomic E-state index is 12.2. The van der Waals surface area contributed by atoms with E-state index in [9.17, 15) is 13.2 Å². The van der Waals surface area contributed by atoms with Crippen molar-refractivity contribution in [2.24, 2.45) is 5.92 Å². The molecule has 0 aliphatic rings. The van der Waals surface area contributed by atoms with Gasteiger partial charge in [-0.3, -0.25) is 4.79 Å². The van der Waals surface area contributed by atoms with Crippen LogP contribution in [-0.4, -0.2) is 45.3 Å². The van der Waals surface area contributed by atoms with Crippen LogP contribution < -0.4 is 10.6 Å². The number of benzene rings is 1. The van der Waals surface area contributed by atoms with Gasteiger partial charge >= 0.3 is 0 Å². The second kappa shape index (κ2) is 7.79. The van der Waals surface area contributed by atoms with Crippen LogP contribution in [0.1, 0.15) is 26.3 Å². The van der Waals surface area contributed by atoms with E-state index in [1.807, 2.05) is 27.7 Å². The van der Waals surface area contributed by atoms with Crippen molar-refractivity contribution in [3.63, 3.8) is 0 Å². The Labute approximate surface area is 139 Å². The lowest BCUT2D eigenvalue weighted by Gasteiger charge is -2.18. The Morgan fingerprint density at radius 3 is 2.35 bits per heavy atom. The molecule has 0 radical (unpaired) electrons. The molecule has 0 aliphatic carbocycles. The zero-order chi connectivity index (χ0) is 17.8. The highest BCUT2D eigenvalue weighted by molar-refractivity contribution is 7.89. The summed E-state index contributed by atoms with van der Waals surface area (Å²) in [5.74, 6) is 0.237. The molecular weight excluding hydrogens is 314 g/mol. The first-order valence-corrected chi connectivity index (χ1v) is 9.06. The molecule has 1 amide bonds. The number of aryl methyl sites for hydroxylation is 1. The summed E-state index contributed by atoms with van der Waals surface area (Å²) in [6.07, 6.45) is 0. The molecular formula is C16H27N3O3S. The van der Waals surface area contributed by atoms with E-state index in [4.69, 9.17) is 0 Å². The Kier molecular flexibility index (Phi) is 6.58. The van der Waals surface area contributed by atoms with Gasteiger partial charge in [0.2, 0.25) is 15.9 Å². The summed E-state index contributed by atoms with van der Waals surface area (Å²) in [5, 5.41) is 5.92. The molecule has 0 fully saturated rings. The number of carbonyl (C=O) groups is 1. The molecule has 1 aromatic rings. The molecule has 0 aliphatic heterocycles. The quantitative estimate of drug-likeness (QED) is 0.793. The first kappa shape index (κ1) is 19.4. The van der Waals surface area contributed by atoms with E-state index in [0.29, 0.717) is 11.6 Å². The second-order valence-corrected chi connectivity index (χ2v) is 8.37. The number of nitrogens with one attached hydrogen (secondary N) is 2. The first-order valence-electron chi connectivity index (χ1n) is 7.62. The molecule has 0 bridgehead atoms. The Balaban J connectivity index is 2.84. The number of sulfonamides is 1. The van der Waals surface area contributed by atoms with Crippen molar-refractivity contribution >= 4 is 21.6 Å². The largest absolute Gasteiger partial charge is 0.376 e. The fourth-order valence-corrected chi connectivity index (χ4v) is 2.74. The van der Waals surface area contributed by atoms with Crippen molar-refractivity contribution in [1.29, 1.82) is 0 Å². The lowest BCUT2D eigenvalue weighted by atomic mass is 10.1. The predicted molar refractivity (Wildman–Crippen MR) is 93.0 cm³/mol. The van der Waals surface area contributed by atoms with E-state index in [0.717, 1.165) is 5.56 Å². The highest BCUT2D eigenvalue weighted by atomic mass is 32.2. The van der Waals surface area contributed by atoms with E-state index in [2.05, 4.69) is 10.6 Å². The van der Waals surface area contributed by atoms with E-state index >= 15 is 0 Å². The lowest BCUT2D eigenvalue weighted by molar-refractivity contribution is -0.120. The van der Waals surface area contributed by atoms with Gasteiger partial charge in [-0.1, -0.05) is 19.9 Å². The third-order valence-corrected chi connectivity index (χ3v) is 5.63. The molecule has 0 spiro atoms. The summed E-state index contributed by atoms with van der Waals surface area (Å²) >= 11 is 0. The van der Waals surface area contributed by atoms with Gasteiger partial charge in [0.05, 0.1) is 11.4 Å². The topological polar surface area (TPSA) is 78.5 Å². The molecule has 1 atom stereocenters. The fraction of sp³-hybridized carbons (Fsp3) is 0.562. The molecule has 130 valence electrons. The minimum Gasteiger partial charge on any atom is -0.376 e. The average Bonchev–Trinajstić information content (AvgIpc) is 2.45. The van der Waals surface area contributed by atoms with Crippen LogP contribution in [0.5, 0.6) is 0 Å². The van der Waals surface area contributed by atoms with Crippen molar-refractivity contribution in [1.82, 2.24) is 9.62 Å². The van der Waals surface area contributed by atoms with Crippen molar-refractivity contribution in [3.8, 4) is 0 Å². The lowest BCUT2D eigenvalue weighted by Crippen LogP contribution is -2.39. The van der Waals surface area contributed by atoms with E-state index in [1.54, 1.807) is 18.2 Å². The minimum absolute atomic E-state index is 0.0888. The Hall–Kier alpha value is -1.60. The smallest absolute Gasteiger partial charge is 0.242 e. The molecule has 0 saturated carbocycles. The van der Waals surface area contributed by atoms with E-state index in [-0.39, 0.29) is 23.4 Å². The van der Waals surface area contributed by atoms with Crippen LogP contribution in [-0.2, 0) is 14.8 Å². The molecule has 6 nitrogen and oxygen atoms in total. The zero-order valence-corrected chi connectivity index (χ0v) is 15.5. The fourth-order valence-electron chi connectivity index (χ4n) is 1.81. The van der Waals surface area contributed by atoms with Gasteiger partial charge in [-0.25, -0.2) is 12.7 Å². The van der Waals surface area contributed by atoms with Gasteiger partial charge in [0.15, 0.2) is 0 Å². The molecule has 0 saturated heterocycles. The summed E-state index contributed by atoms with van der Waals surface area (Å²) < 4.78 is 25.5. The van der Waals surface area contributed by atoms with Crippen LogP contribution >= 0.6 is 0 Å². The SMILES string of the molecule is Cc1ccc(S(=O)(=O)N(C)C)cc1NCC(=O)NC(C)C(C)C.